The number of aromatic nitrogens is 3. The highest BCUT2D eigenvalue weighted by molar-refractivity contribution is 6.59. The molecule has 1 aliphatic carbocycles. The summed E-state index contributed by atoms with van der Waals surface area (Å²) >= 11 is 0. The van der Waals surface area contributed by atoms with Gasteiger partial charge in [0.25, 0.3) is 0 Å². The molecule has 1 aliphatic rings. The number of fused-ring (bicyclic) bond motifs is 3. The SMILES string of the molecule is OB(O)c1ccc2c(c1)c1ccccc1n2-c1cnc(-c2ccccc2)nc1C1=CC=CCC1. The highest BCUT2D eigenvalue weighted by Gasteiger charge is 2.21. The van der Waals surface area contributed by atoms with E-state index in [0.29, 0.717) is 11.3 Å². The standard InChI is InChI=1S/C28H22BN3O2/c33-29(34)21-15-16-25-23(17-21)22-13-7-8-14-24(22)32(25)26-18-30-28(20-11-5-2-6-12-20)31-27(26)19-9-3-1-4-10-19/h1-3,5-9,11-18,33-34H,4,10H2. The normalized spacial score (nSPS) is 13.4. The molecular weight excluding hydrogens is 421 g/mol. The summed E-state index contributed by atoms with van der Waals surface area (Å²) in [5.41, 5.74) is 6.42. The maximum absolute atomic E-state index is 9.75. The van der Waals surface area contributed by atoms with Crippen molar-refractivity contribution in [2.45, 2.75) is 12.8 Å². The van der Waals surface area contributed by atoms with Crippen LogP contribution in [-0.4, -0.2) is 31.7 Å². The average molecular weight is 443 g/mol. The van der Waals surface area contributed by atoms with Crippen LogP contribution in [0.2, 0.25) is 0 Å². The highest BCUT2D eigenvalue weighted by Crippen LogP contribution is 2.35. The molecular formula is C28H22BN3O2. The average Bonchev–Trinajstić information content (AvgIpc) is 3.23. The molecule has 5 aromatic rings. The topological polar surface area (TPSA) is 71.2 Å². The molecule has 0 bridgehead atoms. The molecule has 2 heterocycles. The van der Waals surface area contributed by atoms with Crippen molar-refractivity contribution in [2.24, 2.45) is 0 Å². The summed E-state index contributed by atoms with van der Waals surface area (Å²) in [4.78, 5) is 9.83. The lowest BCUT2D eigenvalue weighted by Crippen LogP contribution is -2.29. The fourth-order valence-electron chi connectivity index (χ4n) is 4.71. The van der Waals surface area contributed by atoms with E-state index in [0.717, 1.165) is 51.6 Å². The summed E-state index contributed by atoms with van der Waals surface area (Å²) in [6, 6.07) is 23.7. The fraction of sp³-hybridized carbons (Fsp3) is 0.0714. The van der Waals surface area contributed by atoms with Crippen LogP contribution in [0.5, 0.6) is 0 Å². The second-order valence-corrected chi connectivity index (χ2v) is 8.46. The van der Waals surface area contributed by atoms with Gasteiger partial charge in [-0.25, -0.2) is 9.97 Å². The van der Waals surface area contributed by atoms with E-state index in [-0.39, 0.29) is 0 Å². The lowest BCUT2D eigenvalue weighted by atomic mass is 9.80. The van der Waals surface area contributed by atoms with Crippen molar-refractivity contribution in [1.29, 1.82) is 0 Å². The number of hydrogen-bond donors (Lipinski definition) is 2. The fourth-order valence-corrected chi connectivity index (χ4v) is 4.71. The Morgan fingerprint density at radius 3 is 2.44 bits per heavy atom. The first-order valence-electron chi connectivity index (χ1n) is 11.4. The van der Waals surface area contributed by atoms with E-state index in [1.54, 1.807) is 6.07 Å². The molecule has 34 heavy (non-hydrogen) atoms. The van der Waals surface area contributed by atoms with Crippen molar-refractivity contribution < 1.29 is 10.0 Å². The summed E-state index contributed by atoms with van der Waals surface area (Å²) in [5.74, 6) is 0.696. The predicted octanol–water partition coefficient (Wildman–Crippen LogP) is 4.65. The van der Waals surface area contributed by atoms with E-state index in [9.17, 15) is 10.0 Å². The Balaban J connectivity index is 1.66. The summed E-state index contributed by atoms with van der Waals surface area (Å²) < 4.78 is 2.18. The molecule has 164 valence electrons. The molecule has 6 rings (SSSR count). The Labute approximate surface area is 197 Å². The second kappa shape index (κ2) is 8.41. The predicted molar refractivity (Wildman–Crippen MR) is 138 cm³/mol. The van der Waals surface area contributed by atoms with Crippen molar-refractivity contribution in [3.63, 3.8) is 0 Å². The van der Waals surface area contributed by atoms with E-state index in [4.69, 9.17) is 9.97 Å². The zero-order valence-electron chi connectivity index (χ0n) is 18.5. The van der Waals surface area contributed by atoms with Crippen LogP contribution in [0.4, 0.5) is 0 Å². The summed E-state index contributed by atoms with van der Waals surface area (Å²) in [6.45, 7) is 0. The highest BCUT2D eigenvalue weighted by atomic mass is 16.4. The molecule has 5 nitrogen and oxygen atoms in total. The van der Waals surface area contributed by atoms with Crippen LogP contribution < -0.4 is 5.46 Å². The maximum Gasteiger partial charge on any atom is 0.488 e. The lowest BCUT2D eigenvalue weighted by molar-refractivity contribution is 0.426. The third kappa shape index (κ3) is 3.44. The number of nitrogens with zero attached hydrogens (tertiary/aromatic N) is 3. The Morgan fingerprint density at radius 1 is 0.853 bits per heavy atom. The molecule has 0 saturated carbocycles. The van der Waals surface area contributed by atoms with E-state index < -0.39 is 7.12 Å². The summed E-state index contributed by atoms with van der Waals surface area (Å²) in [6.07, 6.45) is 10.2. The van der Waals surface area contributed by atoms with Gasteiger partial charge in [-0.1, -0.05) is 78.9 Å². The van der Waals surface area contributed by atoms with Crippen LogP contribution in [0.1, 0.15) is 18.5 Å². The number of benzene rings is 3. The molecule has 2 N–H and O–H groups in total. The van der Waals surface area contributed by atoms with Crippen LogP contribution in [0, 0.1) is 0 Å². The number of allylic oxidation sites excluding steroid dienone is 4. The molecule has 6 heteroatoms. The molecule has 0 unspecified atom stereocenters. The van der Waals surface area contributed by atoms with Crippen molar-refractivity contribution in [1.82, 2.24) is 14.5 Å². The Hall–Kier alpha value is -4.00. The van der Waals surface area contributed by atoms with Gasteiger partial charge in [-0.05, 0) is 36.0 Å². The van der Waals surface area contributed by atoms with E-state index in [2.05, 4.69) is 34.9 Å². The van der Waals surface area contributed by atoms with Crippen LogP contribution >= 0.6 is 0 Å². The van der Waals surface area contributed by atoms with E-state index in [1.165, 1.54) is 5.57 Å². The van der Waals surface area contributed by atoms with Gasteiger partial charge in [-0.15, -0.1) is 0 Å². The third-order valence-corrected chi connectivity index (χ3v) is 6.36. The van der Waals surface area contributed by atoms with Gasteiger partial charge < -0.3 is 14.6 Å². The van der Waals surface area contributed by atoms with Gasteiger partial charge in [0.2, 0.25) is 0 Å². The van der Waals surface area contributed by atoms with E-state index in [1.807, 2.05) is 60.8 Å². The first kappa shape index (κ1) is 20.6. The summed E-state index contributed by atoms with van der Waals surface area (Å²) in [7, 11) is -1.52. The van der Waals surface area contributed by atoms with Gasteiger partial charge in [-0.2, -0.15) is 0 Å². The van der Waals surface area contributed by atoms with Gasteiger partial charge >= 0.3 is 7.12 Å². The van der Waals surface area contributed by atoms with Gasteiger partial charge in [0.15, 0.2) is 5.82 Å². The van der Waals surface area contributed by atoms with Crippen LogP contribution in [0.3, 0.4) is 0 Å². The Kier molecular flexibility index (Phi) is 5.10. The molecule has 0 fully saturated rings. The minimum Gasteiger partial charge on any atom is -0.423 e. The van der Waals surface area contributed by atoms with Gasteiger partial charge in [0, 0.05) is 16.3 Å². The smallest absolute Gasteiger partial charge is 0.423 e. The Bertz CT molecular complexity index is 1590. The van der Waals surface area contributed by atoms with Crippen molar-refractivity contribution >= 4 is 40.0 Å². The zero-order valence-corrected chi connectivity index (χ0v) is 18.5. The van der Waals surface area contributed by atoms with Crippen LogP contribution in [0.15, 0.2) is 97.2 Å². The van der Waals surface area contributed by atoms with Crippen LogP contribution in [0.25, 0.3) is 44.5 Å². The van der Waals surface area contributed by atoms with Gasteiger partial charge in [-0.3, -0.25) is 0 Å². The number of hydrogen-bond acceptors (Lipinski definition) is 4. The number of para-hydroxylation sites is 1. The zero-order chi connectivity index (χ0) is 23.1. The quantitative estimate of drug-likeness (QED) is 0.397. The molecule has 0 radical (unpaired) electrons. The van der Waals surface area contributed by atoms with Crippen molar-refractivity contribution in [3.05, 3.63) is 103 Å². The minimum absolute atomic E-state index is 0.464. The second-order valence-electron chi connectivity index (χ2n) is 8.46. The molecule has 0 atom stereocenters. The molecule has 0 spiro atoms. The molecule has 0 aliphatic heterocycles. The largest absolute Gasteiger partial charge is 0.488 e. The monoisotopic (exact) mass is 443 g/mol. The molecule has 0 amide bonds. The molecule has 2 aromatic heterocycles. The van der Waals surface area contributed by atoms with Crippen molar-refractivity contribution in [2.75, 3.05) is 0 Å². The number of rotatable bonds is 4. The van der Waals surface area contributed by atoms with Crippen LogP contribution in [-0.2, 0) is 0 Å². The first-order chi connectivity index (χ1) is 16.7. The van der Waals surface area contributed by atoms with Gasteiger partial charge in [0.1, 0.15) is 0 Å². The minimum atomic E-state index is -1.52. The molecule has 3 aromatic carbocycles. The summed E-state index contributed by atoms with van der Waals surface area (Å²) in [5, 5.41) is 21.5. The first-order valence-corrected chi connectivity index (χ1v) is 11.4. The lowest BCUT2D eigenvalue weighted by Gasteiger charge is -2.17. The van der Waals surface area contributed by atoms with Crippen molar-refractivity contribution in [3.8, 4) is 17.1 Å². The third-order valence-electron chi connectivity index (χ3n) is 6.36. The molecule has 0 saturated heterocycles. The Morgan fingerprint density at radius 2 is 1.65 bits per heavy atom. The van der Waals surface area contributed by atoms with Gasteiger partial charge in [0.05, 0.1) is 28.6 Å². The maximum atomic E-state index is 9.75. The van der Waals surface area contributed by atoms with E-state index >= 15 is 0 Å².